The topological polar surface area (TPSA) is 107 Å². The van der Waals surface area contributed by atoms with Gasteiger partial charge in [0.15, 0.2) is 5.82 Å². The molecule has 0 radical (unpaired) electrons. The molecule has 5 rings (SSSR count). The molecule has 0 atom stereocenters. The zero-order valence-electron chi connectivity index (χ0n) is 21.0. The third kappa shape index (κ3) is 5.21. The zero-order valence-corrected chi connectivity index (χ0v) is 23.1. The van der Waals surface area contributed by atoms with Crippen molar-refractivity contribution in [3.8, 4) is 11.4 Å². The molecule has 1 saturated heterocycles. The third-order valence-corrected chi connectivity index (χ3v) is 7.32. The van der Waals surface area contributed by atoms with Gasteiger partial charge in [-0.25, -0.2) is 15.0 Å². The van der Waals surface area contributed by atoms with Crippen molar-refractivity contribution in [1.29, 1.82) is 0 Å². The number of Topliss-reactive ketones (excluding diaryl/α,β-unsaturated/α-hetero) is 1. The minimum absolute atomic E-state index is 0.164. The number of anilines is 2. The van der Waals surface area contributed by atoms with E-state index in [2.05, 4.69) is 61.6 Å². The van der Waals surface area contributed by atoms with Crippen LogP contribution in [0.15, 0.2) is 48.9 Å². The Hall–Kier alpha value is -3.38. The van der Waals surface area contributed by atoms with Gasteiger partial charge >= 0.3 is 0 Å². The molecule has 1 aliphatic heterocycles. The number of hydrogen-bond donors (Lipinski definition) is 2. The van der Waals surface area contributed by atoms with Gasteiger partial charge in [-0.1, -0.05) is 26.0 Å². The number of carbonyl (C=O) groups excluding carboxylic acids is 2. The number of hydrogen-bond acceptors (Lipinski definition) is 7. The molecule has 1 aliphatic rings. The van der Waals surface area contributed by atoms with E-state index in [4.69, 9.17) is 4.98 Å². The van der Waals surface area contributed by atoms with Crippen LogP contribution in [0.5, 0.6) is 0 Å². The Balaban J connectivity index is 1.52. The molecule has 190 valence electrons. The second-order valence-electron chi connectivity index (χ2n) is 9.49. The second-order valence-corrected chi connectivity index (χ2v) is 10.7. The first kappa shape index (κ1) is 25.3. The minimum atomic E-state index is -0.543. The van der Waals surface area contributed by atoms with Gasteiger partial charge in [0, 0.05) is 59.5 Å². The molecule has 2 N–H and O–H groups in total. The van der Waals surface area contributed by atoms with Crippen molar-refractivity contribution in [3.63, 3.8) is 0 Å². The van der Waals surface area contributed by atoms with Crippen LogP contribution in [0.1, 0.15) is 35.7 Å². The van der Waals surface area contributed by atoms with Crippen LogP contribution in [0.25, 0.3) is 22.4 Å². The molecule has 9 nitrogen and oxygen atoms in total. The van der Waals surface area contributed by atoms with Crippen LogP contribution in [0.4, 0.5) is 11.5 Å². The Morgan fingerprint density at radius 3 is 2.49 bits per heavy atom. The standard InChI is InChI=1S/C27H28IN7O2/c1-16(2)19-14-30-24(17-4-6-18(28)7-5-17)33-25(19)32-21-8-9-29-26-22(21)20(15-31-26)23(36)27(37)35-12-10-34(3)11-13-35/h4-9,14-16H,10-13H2,1-3H3,(H2,29,30,31,32,33). The molecular weight excluding hydrogens is 581 g/mol. The van der Waals surface area contributed by atoms with Gasteiger partial charge in [-0.05, 0) is 53.8 Å². The summed E-state index contributed by atoms with van der Waals surface area (Å²) in [5, 5.41) is 4.00. The van der Waals surface area contributed by atoms with Crippen molar-refractivity contribution >= 4 is 56.8 Å². The number of benzene rings is 1. The lowest BCUT2D eigenvalue weighted by Crippen LogP contribution is -2.49. The molecule has 4 heterocycles. The average Bonchev–Trinajstić information content (AvgIpc) is 3.34. The van der Waals surface area contributed by atoms with Crippen LogP contribution in [0.3, 0.4) is 0 Å². The minimum Gasteiger partial charge on any atom is -0.345 e. The van der Waals surface area contributed by atoms with Gasteiger partial charge in [0.1, 0.15) is 11.5 Å². The summed E-state index contributed by atoms with van der Waals surface area (Å²) in [5.74, 6) is 0.380. The molecule has 1 fully saturated rings. The monoisotopic (exact) mass is 609 g/mol. The smallest absolute Gasteiger partial charge is 0.295 e. The Morgan fingerprint density at radius 2 is 1.78 bits per heavy atom. The van der Waals surface area contributed by atoms with E-state index in [1.807, 2.05) is 37.5 Å². The first-order chi connectivity index (χ1) is 17.8. The maximum atomic E-state index is 13.3. The van der Waals surface area contributed by atoms with Gasteiger partial charge in [-0.3, -0.25) is 9.59 Å². The molecule has 37 heavy (non-hydrogen) atoms. The fourth-order valence-electron chi connectivity index (χ4n) is 4.39. The predicted octanol–water partition coefficient (Wildman–Crippen LogP) is 4.45. The summed E-state index contributed by atoms with van der Waals surface area (Å²) in [6.07, 6.45) is 5.07. The summed E-state index contributed by atoms with van der Waals surface area (Å²) in [7, 11) is 2.01. The van der Waals surface area contributed by atoms with E-state index in [-0.39, 0.29) is 5.92 Å². The van der Waals surface area contributed by atoms with Crippen molar-refractivity contribution in [2.45, 2.75) is 19.8 Å². The van der Waals surface area contributed by atoms with E-state index in [1.165, 1.54) is 0 Å². The highest BCUT2D eigenvalue weighted by atomic mass is 127. The van der Waals surface area contributed by atoms with E-state index < -0.39 is 11.7 Å². The van der Waals surface area contributed by atoms with Gasteiger partial charge in [-0.2, -0.15) is 0 Å². The van der Waals surface area contributed by atoms with E-state index in [0.29, 0.717) is 47.0 Å². The van der Waals surface area contributed by atoms with Crippen molar-refractivity contribution in [2.75, 3.05) is 38.5 Å². The normalized spacial score (nSPS) is 14.4. The molecule has 0 aliphatic carbocycles. The summed E-state index contributed by atoms with van der Waals surface area (Å²) in [6.45, 7) is 6.72. The quantitative estimate of drug-likeness (QED) is 0.189. The number of rotatable bonds is 6. The first-order valence-electron chi connectivity index (χ1n) is 12.2. The molecule has 3 aromatic heterocycles. The number of nitrogens with zero attached hydrogens (tertiary/aromatic N) is 5. The van der Waals surface area contributed by atoms with Crippen molar-refractivity contribution in [3.05, 3.63) is 63.6 Å². The number of nitrogens with one attached hydrogen (secondary N) is 2. The molecule has 0 saturated carbocycles. The lowest BCUT2D eigenvalue weighted by Gasteiger charge is -2.31. The number of ketones is 1. The van der Waals surface area contributed by atoms with Crippen molar-refractivity contribution in [2.24, 2.45) is 0 Å². The fourth-order valence-corrected chi connectivity index (χ4v) is 4.75. The third-order valence-electron chi connectivity index (χ3n) is 6.60. The largest absolute Gasteiger partial charge is 0.345 e. The first-order valence-corrected chi connectivity index (χ1v) is 13.3. The SMILES string of the molecule is CC(C)c1cnc(-c2ccc(I)cc2)nc1Nc1ccnc2[nH]cc(C(=O)C(=O)N3CCN(C)CC3)c12. The summed E-state index contributed by atoms with van der Waals surface area (Å²) < 4.78 is 1.13. The molecule has 4 aromatic rings. The molecule has 0 bridgehead atoms. The van der Waals surface area contributed by atoms with Crippen LogP contribution in [0.2, 0.25) is 0 Å². The van der Waals surface area contributed by atoms with E-state index >= 15 is 0 Å². The lowest BCUT2D eigenvalue weighted by atomic mass is 10.0. The highest BCUT2D eigenvalue weighted by molar-refractivity contribution is 14.1. The highest BCUT2D eigenvalue weighted by Crippen LogP contribution is 2.32. The van der Waals surface area contributed by atoms with Crippen LogP contribution in [-0.4, -0.2) is 74.7 Å². The molecule has 0 unspecified atom stereocenters. The van der Waals surface area contributed by atoms with Crippen LogP contribution in [0, 0.1) is 3.57 Å². The highest BCUT2D eigenvalue weighted by Gasteiger charge is 2.29. The number of amides is 1. The van der Waals surface area contributed by atoms with Gasteiger partial charge in [0.25, 0.3) is 11.7 Å². The van der Waals surface area contributed by atoms with Gasteiger partial charge in [-0.15, -0.1) is 0 Å². The molecule has 1 aromatic carbocycles. The summed E-state index contributed by atoms with van der Waals surface area (Å²) in [5.41, 5.74) is 3.32. The maximum absolute atomic E-state index is 13.3. The number of aromatic nitrogens is 4. The zero-order chi connectivity index (χ0) is 26.1. The number of piperazine rings is 1. The van der Waals surface area contributed by atoms with Gasteiger partial charge in [0.2, 0.25) is 0 Å². The predicted molar refractivity (Wildman–Crippen MR) is 152 cm³/mol. The Bertz CT molecular complexity index is 1460. The van der Waals surface area contributed by atoms with Crippen LogP contribution in [-0.2, 0) is 4.79 Å². The van der Waals surface area contributed by atoms with Crippen LogP contribution < -0.4 is 5.32 Å². The Kier molecular flexibility index (Phi) is 7.20. The van der Waals surface area contributed by atoms with E-state index in [0.717, 1.165) is 27.8 Å². The lowest BCUT2D eigenvalue weighted by molar-refractivity contribution is -0.127. The maximum Gasteiger partial charge on any atom is 0.295 e. The van der Waals surface area contributed by atoms with Crippen molar-refractivity contribution < 1.29 is 9.59 Å². The summed E-state index contributed by atoms with van der Waals surface area (Å²) in [4.78, 5) is 47.1. The van der Waals surface area contributed by atoms with Crippen molar-refractivity contribution in [1.82, 2.24) is 29.7 Å². The summed E-state index contributed by atoms with van der Waals surface area (Å²) in [6, 6.07) is 9.82. The number of halogens is 1. The molecule has 1 amide bonds. The number of likely N-dealkylation sites (N-methyl/N-ethyl adjacent to an activating group) is 1. The molecular formula is C27H28IN7O2. The van der Waals surface area contributed by atoms with E-state index in [9.17, 15) is 9.59 Å². The second kappa shape index (κ2) is 10.5. The average molecular weight is 609 g/mol. The van der Waals surface area contributed by atoms with Gasteiger partial charge < -0.3 is 20.1 Å². The number of aromatic amines is 1. The van der Waals surface area contributed by atoms with Crippen LogP contribution >= 0.6 is 22.6 Å². The van der Waals surface area contributed by atoms with E-state index in [1.54, 1.807) is 23.4 Å². The van der Waals surface area contributed by atoms with Gasteiger partial charge in [0.05, 0.1) is 16.6 Å². The molecule has 0 spiro atoms. The molecule has 10 heteroatoms. The Labute approximate surface area is 228 Å². The number of carbonyl (C=O) groups is 2. The number of fused-ring (bicyclic) bond motifs is 1. The fraction of sp³-hybridized carbons (Fsp3) is 0.296. The number of H-pyrrole nitrogens is 1. The Morgan fingerprint density at radius 1 is 1.05 bits per heavy atom. The number of pyridine rings is 1. The summed E-state index contributed by atoms with van der Waals surface area (Å²) >= 11 is 2.27.